The second kappa shape index (κ2) is 4.20. The predicted molar refractivity (Wildman–Crippen MR) is 66.5 cm³/mol. The maximum Gasteiger partial charge on any atom is 0.347 e. The number of fused-ring (bicyclic) bond motifs is 1. The van der Waals surface area contributed by atoms with Gasteiger partial charge in [-0.2, -0.15) is 0 Å². The zero-order valence-corrected chi connectivity index (χ0v) is 10.5. The molecule has 0 aromatic carbocycles. The van der Waals surface area contributed by atoms with Crippen molar-refractivity contribution >= 4 is 11.5 Å². The van der Waals surface area contributed by atoms with Crippen LogP contribution in [0.15, 0.2) is 11.0 Å². The molecule has 6 nitrogen and oxygen atoms in total. The number of hydrogen-bond acceptors (Lipinski definition) is 4. The van der Waals surface area contributed by atoms with E-state index < -0.39 is 0 Å². The SMILES string of the molecule is CC(C)Nc1nc(C(C)C)cn2c(=O)[nH]nc12. The Labute approximate surface area is 99.1 Å². The summed E-state index contributed by atoms with van der Waals surface area (Å²) >= 11 is 0. The highest BCUT2D eigenvalue weighted by atomic mass is 16.1. The standard InChI is InChI=1S/C11H17N5O/c1-6(2)8-5-16-10(14-15-11(16)17)9(13-8)12-7(3)4/h5-7H,1-4H3,(H,12,13)(H,15,17). The molecule has 0 aliphatic rings. The third-order valence-corrected chi connectivity index (χ3v) is 2.44. The fourth-order valence-corrected chi connectivity index (χ4v) is 1.58. The summed E-state index contributed by atoms with van der Waals surface area (Å²) in [7, 11) is 0. The van der Waals surface area contributed by atoms with Gasteiger partial charge in [0.15, 0.2) is 5.82 Å². The molecule has 0 aliphatic heterocycles. The monoisotopic (exact) mass is 235 g/mol. The highest BCUT2D eigenvalue weighted by Crippen LogP contribution is 2.17. The van der Waals surface area contributed by atoms with Gasteiger partial charge in [-0.05, 0) is 19.8 Å². The van der Waals surface area contributed by atoms with E-state index in [1.54, 1.807) is 6.20 Å². The lowest BCUT2D eigenvalue weighted by molar-refractivity contribution is 0.797. The molecule has 17 heavy (non-hydrogen) atoms. The smallest absolute Gasteiger partial charge is 0.347 e. The van der Waals surface area contributed by atoms with Gasteiger partial charge in [0.1, 0.15) is 0 Å². The maximum atomic E-state index is 11.6. The van der Waals surface area contributed by atoms with Gasteiger partial charge in [-0.25, -0.2) is 19.3 Å². The van der Waals surface area contributed by atoms with Crippen molar-refractivity contribution in [2.75, 3.05) is 5.32 Å². The van der Waals surface area contributed by atoms with Crippen LogP contribution in [0.1, 0.15) is 39.3 Å². The zero-order chi connectivity index (χ0) is 12.6. The number of anilines is 1. The minimum absolute atomic E-state index is 0.237. The molecular formula is C11H17N5O. The first kappa shape index (κ1) is 11.6. The number of H-pyrrole nitrogens is 1. The molecule has 6 heteroatoms. The topological polar surface area (TPSA) is 75.1 Å². The first-order valence-corrected chi connectivity index (χ1v) is 5.73. The van der Waals surface area contributed by atoms with Crippen molar-refractivity contribution < 1.29 is 0 Å². The Hall–Kier alpha value is -1.85. The van der Waals surface area contributed by atoms with E-state index in [0.717, 1.165) is 5.69 Å². The van der Waals surface area contributed by atoms with Gasteiger partial charge in [0.05, 0.1) is 5.69 Å². The van der Waals surface area contributed by atoms with E-state index in [1.165, 1.54) is 4.40 Å². The molecule has 0 unspecified atom stereocenters. The average molecular weight is 235 g/mol. The second-order valence-electron chi connectivity index (χ2n) is 4.69. The minimum atomic E-state index is -0.240. The van der Waals surface area contributed by atoms with Crippen LogP contribution in [0.4, 0.5) is 5.82 Å². The van der Waals surface area contributed by atoms with Crippen LogP contribution in [0.3, 0.4) is 0 Å². The van der Waals surface area contributed by atoms with Crippen molar-refractivity contribution in [3.05, 3.63) is 22.4 Å². The van der Waals surface area contributed by atoms with Crippen molar-refractivity contribution in [1.82, 2.24) is 19.6 Å². The van der Waals surface area contributed by atoms with Gasteiger partial charge in [0.25, 0.3) is 0 Å². The Balaban J connectivity index is 2.66. The molecule has 0 atom stereocenters. The van der Waals surface area contributed by atoms with Gasteiger partial charge >= 0.3 is 5.69 Å². The number of nitrogens with zero attached hydrogens (tertiary/aromatic N) is 3. The molecule has 2 heterocycles. The van der Waals surface area contributed by atoms with Crippen molar-refractivity contribution in [2.45, 2.75) is 39.7 Å². The van der Waals surface area contributed by atoms with E-state index in [2.05, 4.69) is 20.5 Å². The van der Waals surface area contributed by atoms with Crippen LogP contribution in [-0.4, -0.2) is 25.6 Å². The summed E-state index contributed by atoms with van der Waals surface area (Å²) in [6.45, 7) is 8.12. The first-order chi connectivity index (χ1) is 7.99. The largest absolute Gasteiger partial charge is 0.365 e. The van der Waals surface area contributed by atoms with Crippen LogP contribution >= 0.6 is 0 Å². The van der Waals surface area contributed by atoms with Gasteiger partial charge in [0.2, 0.25) is 5.65 Å². The molecule has 2 aromatic rings. The molecule has 0 saturated heterocycles. The third kappa shape index (κ3) is 2.15. The predicted octanol–water partition coefficient (Wildman–Crippen LogP) is 1.36. The number of nitrogens with one attached hydrogen (secondary N) is 2. The maximum absolute atomic E-state index is 11.6. The fraction of sp³-hybridized carbons (Fsp3) is 0.545. The van der Waals surface area contributed by atoms with Gasteiger partial charge in [-0.3, -0.25) is 0 Å². The lowest BCUT2D eigenvalue weighted by Gasteiger charge is -2.12. The zero-order valence-electron chi connectivity index (χ0n) is 10.5. The van der Waals surface area contributed by atoms with Gasteiger partial charge in [-0.15, -0.1) is 5.10 Å². The van der Waals surface area contributed by atoms with E-state index in [1.807, 2.05) is 27.7 Å². The summed E-state index contributed by atoms with van der Waals surface area (Å²) in [4.78, 5) is 16.1. The van der Waals surface area contributed by atoms with Crippen LogP contribution in [-0.2, 0) is 0 Å². The number of aromatic nitrogens is 4. The van der Waals surface area contributed by atoms with E-state index >= 15 is 0 Å². The van der Waals surface area contributed by atoms with Crippen LogP contribution < -0.4 is 11.0 Å². The quantitative estimate of drug-likeness (QED) is 0.842. The molecule has 0 saturated carbocycles. The molecule has 0 aliphatic carbocycles. The lowest BCUT2D eigenvalue weighted by Crippen LogP contribution is -2.16. The summed E-state index contributed by atoms with van der Waals surface area (Å²) in [6, 6.07) is 0.237. The van der Waals surface area contributed by atoms with Crippen molar-refractivity contribution in [2.24, 2.45) is 0 Å². The van der Waals surface area contributed by atoms with E-state index in [9.17, 15) is 4.79 Å². The van der Waals surface area contributed by atoms with Gasteiger partial charge < -0.3 is 5.32 Å². The summed E-state index contributed by atoms with van der Waals surface area (Å²) in [5, 5.41) is 9.61. The van der Waals surface area contributed by atoms with E-state index in [-0.39, 0.29) is 17.6 Å². The van der Waals surface area contributed by atoms with Crippen molar-refractivity contribution in [1.29, 1.82) is 0 Å². The highest BCUT2D eigenvalue weighted by Gasteiger charge is 2.12. The molecule has 0 bridgehead atoms. The molecule has 0 amide bonds. The summed E-state index contributed by atoms with van der Waals surface area (Å²) < 4.78 is 1.49. The van der Waals surface area contributed by atoms with Gasteiger partial charge in [-0.1, -0.05) is 13.8 Å². The lowest BCUT2D eigenvalue weighted by atomic mass is 10.1. The van der Waals surface area contributed by atoms with E-state index in [4.69, 9.17) is 0 Å². The summed E-state index contributed by atoms with van der Waals surface area (Å²) in [6.07, 6.45) is 1.73. The fourth-order valence-electron chi connectivity index (χ4n) is 1.58. The summed E-state index contributed by atoms with van der Waals surface area (Å²) in [5.41, 5.74) is 1.16. The third-order valence-electron chi connectivity index (χ3n) is 2.44. The van der Waals surface area contributed by atoms with Crippen LogP contribution in [0.25, 0.3) is 5.65 Å². The number of hydrogen-bond donors (Lipinski definition) is 2. The molecule has 0 spiro atoms. The second-order valence-corrected chi connectivity index (χ2v) is 4.69. The average Bonchev–Trinajstić information content (AvgIpc) is 2.60. The molecule has 92 valence electrons. The van der Waals surface area contributed by atoms with Crippen LogP contribution in [0.2, 0.25) is 0 Å². The Morgan fingerprint density at radius 3 is 2.65 bits per heavy atom. The Morgan fingerprint density at radius 2 is 2.06 bits per heavy atom. The molecular weight excluding hydrogens is 218 g/mol. The van der Waals surface area contributed by atoms with Crippen LogP contribution in [0, 0.1) is 0 Å². The minimum Gasteiger partial charge on any atom is -0.365 e. The normalized spacial score (nSPS) is 11.6. The van der Waals surface area contributed by atoms with E-state index in [0.29, 0.717) is 11.5 Å². The summed E-state index contributed by atoms with van der Waals surface area (Å²) in [5.74, 6) is 0.901. The Morgan fingerprint density at radius 1 is 1.35 bits per heavy atom. The molecule has 2 rings (SSSR count). The Bertz CT molecular complexity index is 581. The molecule has 2 aromatic heterocycles. The van der Waals surface area contributed by atoms with Crippen molar-refractivity contribution in [3.63, 3.8) is 0 Å². The first-order valence-electron chi connectivity index (χ1n) is 5.73. The molecule has 0 radical (unpaired) electrons. The molecule has 0 fully saturated rings. The highest BCUT2D eigenvalue weighted by molar-refractivity contribution is 5.62. The molecule has 2 N–H and O–H groups in total. The number of rotatable bonds is 3. The Kier molecular flexibility index (Phi) is 2.87. The van der Waals surface area contributed by atoms with Crippen molar-refractivity contribution in [3.8, 4) is 0 Å². The van der Waals surface area contributed by atoms with Crippen LogP contribution in [0.5, 0.6) is 0 Å². The van der Waals surface area contributed by atoms with Gasteiger partial charge in [0, 0.05) is 12.2 Å². The number of aromatic amines is 1.